The Hall–Kier alpha value is -0.590. The second-order valence-corrected chi connectivity index (χ2v) is 4.34. The van der Waals surface area contributed by atoms with Crippen LogP contribution in [0.4, 0.5) is 0 Å². The molecule has 1 heteroatoms. The molecule has 0 aliphatic heterocycles. The Bertz CT molecular complexity index is 170. The first-order chi connectivity index (χ1) is 4.81. The predicted octanol–water partition coefficient (Wildman–Crippen LogP) is 2.96. The van der Waals surface area contributed by atoms with Crippen LogP contribution in [0.2, 0.25) is 0 Å². The van der Waals surface area contributed by atoms with Crippen molar-refractivity contribution in [2.24, 2.45) is 5.41 Å². The van der Waals surface area contributed by atoms with Crippen LogP contribution in [0, 0.1) is 5.41 Å². The molecule has 1 nitrogen and oxygen atoms in total. The second kappa shape index (κ2) is 3.70. The Morgan fingerprint density at radius 2 is 1.73 bits per heavy atom. The molecule has 0 fully saturated rings. The summed E-state index contributed by atoms with van der Waals surface area (Å²) in [7, 11) is 0. The average molecular weight is 154 g/mol. The summed E-state index contributed by atoms with van der Waals surface area (Å²) >= 11 is 0. The molecule has 0 saturated carbocycles. The van der Waals surface area contributed by atoms with E-state index in [2.05, 4.69) is 20.8 Å². The number of rotatable bonds is 2. The van der Waals surface area contributed by atoms with E-state index in [0.717, 1.165) is 6.42 Å². The third-order valence-electron chi connectivity index (χ3n) is 1.26. The minimum absolute atomic E-state index is 0.145. The fourth-order valence-electron chi connectivity index (χ4n) is 1.23. The molecule has 0 radical (unpaired) electrons. The van der Waals surface area contributed by atoms with Crippen LogP contribution in [0.25, 0.3) is 0 Å². The van der Waals surface area contributed by atoms with Crippen molar-refractivity contribution in [3.8, 4) is 0 Å². The lowest BCUT2D eigenvalue weighted by Crippen LogP contribution is -2.05. The summed E-state index contributed by atoms with van der Waals surface area (Å²) < 4.78 is 0. The van der Waals surface area contributed by atoms with Gasteiger partial charge in [0.05, 0.1) is 0 Å². The Morgan fingerprint density at radius 3 is 2.00 bits per heavy atom. The van der Waals surface area contributed by atoms with Gasteiger partial charge in [0.25, 0.3) is 0 Å². The molecule has 0 heterocycles. The highest BCUT2D eigenvalue weighted by Gasteiger charge is 2.10. The van der Waals surface area contributed by atoms with E-state index in [1.165, 1.54) is 5.57 Å². The highest BCUT2D eigenvalue weighted by Crippen LogP contribution is 2.23. The van der Waals surface area contributed by atoms with Crippen molar-refractivity contribution in [1.82, 2.24) is 0 Å². The molecular weight excluding hydrogens is 136 g/mol. The molecule has 0 saturated heterocycles. The molecule has 0 atom stereocenters. The van der Waals surface area contributed by atoms with Crippen LogP contribution in [0.3, 0.4) is 0 Å². The maximum Gasteiger partial charge on any atom is 0.152 e. The molecule has 0 aromatic heterocycles. The Balaban J connectivity index is 4.07. The Kier molecular flexibility index (Phi) is 3.50. The van der Waals surface area contributed by atoms with Crippen molar-refractivity contribution >= 4 is 5.78 Å². The van der Waals surface area contributed by atoms with Crippen molar-refractivity contribution < 1.29 is 4.79 Å². The molecule has 0 spiro atoms. The van der Waals surface area contributed by atoms with E-state index >= 15 is 0 Å². The van der Waals surface area contributed by atoms with Gasteiger partial charge in [-0.25, -0.2) is 0 Å². The van der Waals surface area contributed by atoms with E-state index in [-0.39, 0.29) is 11.2 Å². The molecule has 0 amide bonds. The van der Waals surface area contributed by atoms with Crippen LogP contribution in [0.5, 0.6) is 0 Å². The molecule has 0 aromatic rings. The lowest BCUT2D eigenvalue weighted by atomic mass is 9.88. The molecule has 0 unspecified atom stereocenters. The summed E-state index contributed by atoms with van der Waals surface area (Å²) in [5.74, 6) is 0.145. The van der Waals surface area contributed by atoms with Gasteiger partial charge in [-0.2, -0.15) is 0 Å². The highest BCUT2D eigenvalue weighted by atomic mass is 16.1. The summed E-state index contributed by atoms with van der Waals surface area (Å²) in [6.07, 6.45) is 2.71. The monoisotopic (exact) mass is 154 g/mol. The minimum Gasteiger partial charge on any atom is -0.295 e. The van der Waals surface area contributed by atoms with Gasteiger partial charge >= 0.3 is 0 Å². The molecule has 0 aromatic carbocycles. The average Bonchev–Trinajstić information content (AvgIpc) is 1.53. The zero-order valence-corrected chi connectivity index (χ0v) is 8.19. The van der Waals surface area contributed by atoms with E-state index in [9.17, 15) is 4.79 Å². The molecule has 64 valence electrons. The lowest BCUT2D eigenvalue weighted by molar-refractivity contribution is -0.112. The van der Waals surface area contributed by atoms with Gasteiger partial charge in [-0.15, -0.1) is 0 Å². The van der Waals surface area contributed by atoms with Crippen LogP contribution in [0.15, 0.2) is 11.6 Å². The number of hydrogen-bond donors (Lipinski definition) is 0. The third-order valence-corrected chi connectivity index (χ3v) is 1.26. The standard InChI is InChI=1S/C10H18O/c1-8(6-9(2)11)7-10(3,4)5/h6H,7H2,1-5H3/b8-6+. The first kappa shape index (κ1) is 10.4. The van der Waals surface area contributed by atoms with E-state index in [1.54, 1.807) is 13.0 Å². The summed E-state index contributed by atoms with van der Waals surface area (Å²) in [5.41, 5.74) is 1.46. The molecule has 0 aliphatic rings. The smallest absolute Gasteiger partial charge is 0.152 e. The topological polar surface area (TPSA) is 17.1 Å². The zero-order valence-electron chi connectivity index (χ0n) is 8.19. The van der Waals surface area contributed by atoms with Gasteiger partial charge in [0.2, 0.25) is 0 Å². The number of carbonyl (C=O) groups excluding carboxylic acids is 1. The fourth-order valence-corrected chi connectivity index (χ4v) is 1.23. The summed E-state index contributed by atoms with van der Waals surface area (Å²) in [6.45, 7) is 10.1. The number of allylic oxidation sites excluding steroid dienone is 2. The quantitative estimate of drug-likeness (QED) is 0.559. The minimum atomic E-state index is 0.145. The van der Waals surface area contributed by atoms with Crippen LogP contribution in [-0.2, 0) is 4.79 Å². The van der Waals surface area contributed by atoms with Gasteiger partial charge in [-0.3, -0.25) is 4.79 Å². The van der Waals surface area contributed by atoms with Crippen LogP contribution in [0.1, 0.15) is 41.0 Å². The molecule has 0 aliphatic carbocycles. The molecular formula is C10H18O. The highest BCUT2D eigenvalue weighted by molar-refractivity contribution is 5.87. The van der Waals surface area contributed by atoms with Crippen molar-refractivity contribution in [2.75, 3.05) is 0 Å². The van der Waals surface area contributed by atoms with Crippen LogP contribution >= 0.6 is 0 Å². The van der Waals surface area contributed by atoms with Gasteiger partial charge in [0.15, 0.2) is 5.78 Å². The van der Waals surface area contributed by atoms with E-state index in [1.807, 2.05) is 6.92 Å². The maximum atomic E-state index is 10.7. The van der Waals surface area contributed by atoms with E-state index in [0.29, 0.717) is 0 Å². The summed E-state index contributed by atoms with van der Waals surface area (Å²) in [6, 6.07) is 0. The van der Waals surface area contributed by atoms with Crippen molar-refractivity contribution in [1.29, 1.82) is 0 Å². The van der Waals surface area contributed by atoms with Gasteiger partial charge in [0.1, 0.15) is 0 Å². The SMILES string of the molecule is CC(=O)/C=C(\C)CC(C)(C)C. The summed E-state index contributed by atoms with van der Waals surface area (Å²) in [4.78, 5) is 10.7. The van der Waals surface area contributed by atoms with Gasteiger partial charge in [-0.05, 0) is 31.8 Å². The molecule has 0 rings (SSSR count). The largest absolute Gasteiger partial charge is 0.295 e. The molecule has 0 N–H and O–H groups in total. The lowest BCUT2D eigenvalue weighted by Gasteiger charge is -2.17. The van der Waals surface area contributed by atoms with Crippen molar-refractivity contribution in [2.45, 2.75) is 41.0 Å². The van der Waals surface area contributed by atoms with Crippen molar-refractivity contribution in [3.63, 3.8) is 0 Å². The third kappa shape index (κ3) is 7.31. The number of ketones is 1. The van der Waals surface area contributed by atoms with Gasteiger partial charge in [-0.1, -0.05) is 26.3 Å². The first-order valence-corrected chi connectivity index (χ1v) is 3.99. The maximum absolute atomic E-state index is 10.7. The van der Waals surface area contributed by atoms with Gasteiger partial charge < -0.3 is 0 Å². The Labute approximate surface area is 69.5 Å². The predicted molar refractivity (Wildman–Crippen MR) is 48.5 cm³/mol. The zero-order chi connectivity index (χ0) is 9.07. The van der Waals surface area contributed by atoms with E-state index < -0.39 is 0 Å². The van der Waals surface area contributed by atoms with Gasteiger partial charge in [0, 0.05) is 0 Å². The molecule has 0 bridgehead atoms. The summed E-state index contributed by atoms with van der Waals surface area (Å²) in [5, 5.41) is 0. The van der Waals surface area contributed by atoms with Crippen molar-refractivity contribution in [3.05, 3.63) is 11.6 Å². The van der Waals surface area contributed by atoms with Crippen LogP contribution < -0.4 is 0 Å². The number of hydrogen-bond acceptors (Lipinski definition) is 1. The van der Waals surface area contributed by atoms with Crippen LogP contribution in [-0.4, -0.2) is 5.78 Å². The van der Waals surface area contributed by atoms with E-state index in [4.69, 9.17) is 0 Å². The normalized spacial score (nSPS) is 13.4. The number of carbonyl (C=O) groups is 1. The second-order valence-electron chi connectivity index (χ2n) is 4.34. The Morgan fingerprint density at radius 1 is 1.27 bits per heavy atom. The first-order valence-electron chi connectivity index (χ1n) is 3.99. The molecule has 11 heavy (non-hydrogen) atoms. The fraction of sp³-hybridized carbons (Fsp3) is 0.700.